The highest BCUT2D eigenvalue weighted by Gasteiger charge is 2.39. The van der Waals surface area contributed by atoms with Crippen LogP contribution in [0.5, 0.6) is 0 Å². The Morgan fingerprint density at radius 2 is 1.89 bits per heavy atom. The number of fused-ring (bicyclic) bond motifs is 3. The lowest BCUT2D eigenvalue weighted by atomic mass is 9.77. The van der Waals surface area contributed by atoms with Crippen LogP contribution in [-0.4, -0.2) is 14.9 Å². The van der Waals surface area contributed by atoms with Crippen molar-refractivity contribution in [2.45, 2.75) is 39.5 Å². The number of para-hydroxylation sites is 1. The molecule has 3 aromatic rings. The monoisotopic (exact) mass is 374 g/mol. The molecule has 1 aromatic carbocycles. The molecule has 0 radical (unpaired) electrons. The van der Waals surface area contributed by atoms with E-state index in [-0.39, 0.29) is 18.2 Å². The maximum atomic E-state index is 13.3. The van der Waals surface area contributed by atoms with Crippen LogP contribution in [0.4, 0.5) is 13.2 Å². The topological polar surface area (TPSA) is 26.9 Å². The van der Waals surface area contributed by atoms with E-state index in [1.54, 1.807) is 0 Å². The van der Waals surface area contributed by atoms with Gasteiger partial charge in [0.05, 0.1) is 0 Å². The summed E-state index contributed by atoms with van der Waals surface area (Å²) < 4.78 is 43.0. The molecular formula is C21H21F3N2O. The van der Waals surface area contributed by atoms with Crippen LogP contribution in [0.25, 0.3) is 10.9 Å². The number of aryl methyl sites for hydroxylation is 1. The molecule has 0 saturated carbocycles. The van der Waals surface area contributed by atoms with Gasteiger partial charge in [0.15, 0.2) is 5.78 Å². The second kappa shape index (κ2) is 6.29. The van der Waals surface area contributed by atoms with Gasteiger partial charge >= 0.3 is 6.18 Å². The first-order valence-corrected chi connectivity index (χ1v) is 9.19. The molecule has 0 amide bonds. The first-order valence-electron chi connectivity index (χ1n) is 9.19. The van der Waals surface area contributed by atoms with Crippen LogP contribution in [-0.2, 0) is 25.7 Å². The van der Waals surface area contributed by atoms with Crippen LogP contribution < -0.4 is 0 Å². The Bertz CT molecular complexity index is 1010. The number of Topliss-reactive ketones (excluding diaryl/α,β-unsaturated/α-hetero) is 1. The number of rotatable bonds is 3. The largest absolute Gasteiger partial charge is 0.431 e. The molecular weight excluding hydrogens is 353 g/mol. The van der Waals surface area contributed by atoms with Gasteiger partial charge in [0.25, 0.3) is 0 Å². The third kappa shape index (κ3) is 2.78. The highest BCUT2D eigenvalue weighted by Crippen LogP contribution is 2.38. The van der Waals surface area contributed by atoms with Gasteiger partial charge in [0.2, 0.25) is 0 Å². The maximum absolute atomic E-state index is 13.3. The standard InChI is InChI=1S/C21H21F3N2O/c1-3-26-16-8-5-4-7-14(16)19-17(26)11-13(2)15(20(19)27)12-25-10-6-9-18(25)21(22,23)24/h4-10,13,15H,3,11-12H2,1-2H3. The smallest absolute Gasteiger partial charge is 0.344 e. The van der Waals surface area contributed by atoms with Gasteiger partial charge in [0.1, 0.15) is 5.69 Å². The number of ketones is 1. The number of hydrogen-bond acceptors (Lipinski definition) is 1. The van der Waals surface area contributed by atoms with Gasteiger partial charge in [-0.3, -0.25) is 4.79 Å². The molecule has 0 saturated heterocycles. The number of aromatic nitrogens is 2. The Balaban J connectivity index is 1.78. The summed E-state index contributed by atoms with van der Waals surface area (Å²) in [6.45, 7) is 4.81. The lowest BCUT2D eigenvalue weighted by Crippen LogP contribution is -2.34. The molecule has 0 fully saturated rings. The highest BCUT2D eigenvalue weighted by molar-refractivity contribution is 6.11. The molecule has 27 heavy (non-hydrogen) atoms. The summed E-state index contributed by atoms with van der Waals surface area (Å²) in [4.78, 5) is 13.3. The van der Waals surface area contributed by atoms with E-state index in [1.807, 2.05) is 38.1 Å². The minimum absolute atomic E-state index is 0.0249. The van der Waals surface area contributed by atoms with E-state index < -0.39 is 17.8 Å². The van der Waals surface area contributed by atoms with E-state index in [4.69, 9.17) is 0 Å². The van der Waals surface area contributed by atoms with E-state index in [0.717, 1.165) is 29.2 Å². The van der Waals surface area contributed by atoms with E-state index >= 15 is 0 Å². The fourth-order valence-corrected chi connectivity index (χ4v) is 4.40. The number of halogens is 3. The molecule has 2 unspecified atom stereocenters. The Morgan fingerprint density at radius 1 is 1.15 bits per heavy atom. The third-order valence-corrected chi connectivity index (χ3v) is 5.69. The molecule has 4 rings (SSSR count). The van der Waals surface area contributed by atoms with E-state index in [2.05, 4.69) is 4.57 Å². The van der Waals surface area contributed by atoms with Crippen molar-refractivity contribution in [1.29, 1.82) is 0 Å². The SMILES string of the molecule is CCn1c2c(c3ccccc31)C(=O)C(Cn1cccc1C(F)(F)F)C(C)C2. The number of carbonyl (C=O) groups is 1. The number of carbonyl (C=O) groups excluding carboxylic acids is 1. The molecule has 0 spiro atoms. The van der Waals surface area contributed by atoms with Crippen molar-refractivity contribution >= 4 is 16.7 Å². The van der Waals surface area contributed by atoms with Crippen molar-refractivity contribution in [2.75, 3.05) is 0 Å². The lowest BCUT2D eigenvalue weighted by molar-refractivity contribution is -0.143. The zero-order valence-corrected chi connectivity index (χ0v) is 15.3. The number of benzene rings is 1. The van der Waals surface area contributed by atoms with Gasteiger partial charge in [-0.15, -0.1) is 0 Å². The van der Waals surface area contributed by atoms with Crippen LogP contribution in [0, 0.1) is 11.8 Å². The predicted octanol–water partition coefficient (Wildman–Crippen LogP) is 5.17. The molecule has 2 atom stereocenters. The molecule has 142 valence electrons. The van der Waals surface area contributed by atoms with Gasteiger partial charge in [-0.1, -0.05) is 25.1 Å². The summed E-state index contributed by atoms with van der Waals surface area (Å²) in [5.74, 6) is -0.542. The van der Waals surface area contributed by atoms with Gasteiger partial charge in [-0.2, -0.15) is 13.2 Å². The first kappa shape index (κ1) is 17.9. The van der Waals surface area contributed by atoms with Crippen LogP contribution in [0.2, 0.25) is 0 Å². The Labute approximate surface area is 155 Å². The van der Waals surface area contributed by atoms with Crippen molar-refractivity contribution in [3.8, 4) is 0 Å². The molecule has 1 aliphatic carbocycles. The summed E-state index contributed by atoms with van der Waals surface area (Å²) in [6, 6.07) is 10.2. The van der Waals surface area contributed by atoms with Gasteiger partial charge < -0.3 is 9.13 Å². The molecule has 6 heteroatoms. The fourth-order valence-electron chi connectivity index (χ4n) is 4.40. The van der Waals surface area contributed by atoms with Gasteiger partial charge in [0, 0.05) is 47.4 Å². The van der Waals surface area contributed by atoms with Crippen molar-refractivity contribution in [3.05, 3.63) is 59.5 Å². The first-order chi connectivity index (χ1) is 12.8. The van der Waals surface area contributed by atoms with Crippen molar-refractivity contribution < 1.29 is 18.0 Å². The van der Waals surface area contributed by atoms with Crippen molar-refractivity contribution in [3.63, 3.8) is 0 Å². The molecule has 0 bridgehead atoms. The summed E-state index contributed by atoms with van der Waals surface area (Å²) in [6.07, 6.45) is -2.32. The third-order valence-electron chi connectivity index (χ3n) is 5.69. The van der Waals surface area contributed by atoms with Crippen molar-refractivity contribution in [1.82, 2.24) is 9.13 Å². The summed E-state index contributed by atoms with van der Waals surface area (Å²) in [5, 5.41) is 0.903. The second-order valence-electron chi connectivity index (χ2n) is 7.28. The Kier molecular flexibility index (Phi) is 4.17. The minimum atomic E-state index is -4.42. The lowest BCUT2D eigenvalue weighted by Gasteiger charge is -2.30. The highest BCUT2D eigenvalue weighted by atomic mass is 19.4. The van der Waals surface area contributed by atoms with Crippen LogP contribution in [0.15, 0.2) is 42.6 Å². The molecule has 3 nitrogen and oxygen atoms in total. The quantitative estimate of drug-likeness (QED) is 0.621. The zero-order valence-electron chi connectivity index (χ0n) is 15.3. The summed E-state index contributed by atoms with van der Waals surface area (Å²) >= 11 is 0. The average molecular weight is 374 g/mol. The summed E-state index contributed by atoms with van der Waals surface area (Å²) in [5.41, 5.74) is 2.01. The normalized spacial score (nSPS) is 20.3. The van der Waals surface area contributed by atoms with Gasteiger partial charge in [-0.05, 0) is 37.5 Å². The molecule has 0 N–H and O–H groups in total. The summed E-state index contributed by atoms with van der Waals surface area (Å²) in [7, 11) is 0. The van der Waals surface area contributed by atoms with Crippen LogP contribution in [0.1, 0.15) is 35.6 Å². The zero-order chi connectivity index (χ0) is 19.3. The fraction of sp³-hybridized carbons (Fsp3) is 0.381. The molecule has 0 aliphatic heterocycles. The minimum Gasteiger partial charge on any atom is -0.344 e. The van der Waals surface area contributed by atoms with Crippen LogP contribution in [0.3, 0.4) is 0 Å². The van der Waals surface area contributed by atoms with E-state index in [0.29, 0.717) is 12.0 Å². The van der Waals surface area contributed by atoms with Crippen molar-refractivity contribution in [2.24, 2.45) is 11.8 Å². The van der Waals surface area contributed by atoms with E-state index in [1.165, 1.54) is 16.8 Å². The average Bonchev–Trinajstić information content (AvgIpc) is 3.20. The number of alkyl halides is 3. The second-order valence-corrected chi connectivity index (χ2v) is 7.28. The van der Waals surface area contributed by atoms with E-state index in [9.17, 15) is 18.0 Å². The molecule has 2 aromatic heterocycles. The Morgan fingerprint density at radius 3 is 2.59 bits per heavy atom. The predicted molar refractivity (Wildman–Crippen MR) is 97.7 cm³/mol. The molecule has 1 aliphatic rings. The molecule has 2 heterocycles. The number of nitrogens with zero attached hydrogens (tertiary/aromatic N) is 2. The maximum Gasteiger partial charge on any atom is 0.431 e. The van der Waals surface area contributed by atoms with Gasteiger partial charge in [-0.25, -0.2) is 0 Å². The van der Waals surface area contributed by atoms with Crippen LogP contribution >= 0.6 is 0 Å². The Hall–Kier alpha value is -2.50. The number of hydrogen-bond donors (Lipinski definition) is 0.